The average Bonchev–Trinajstić information content (AvgIpc) is 2.89. The van der Waals surface area contributed by atoms with Crippen molar-refractivity contribution in [3.63, 3.8) is 0 Å². The predicted octanol–water partition coefficient (Wildman–Crippen LogP) is 0.649. The fraction of sp³-hybridized carbons (Fsp3) is 0.444. The second-order valence-corrected chi connectivity index (χ2v) is 6.51. The van der Waals surface area contributed by atoms with Gasteiger partial charge in [0, 0.05) is 11.4 Å². The third-order valence-electron chi connectivity index (χ3n) is 3.62. The molecule has 0 aliphatic carbocycles. The van der Waals surface area contributed by atoms with E-state index >= 15 is 0 Å². The van der Waals surface area contributed by atoms with E-state index in [1.54, 1.807) is 0 Å². The molecule has 0 fully saturated rings. The summed E-state index contributed by atoms with van der Waals surface area (Å²) in [6.07, 6.45) is 0. The van der Waals surface area contributed by atoms with Crippen LogP contribution in [0.25, 0.3) is 11.0 Å². The highest BCUT2D eigenvalue weighted by Crippen LogP contribution is 2.23. The Labute approximate surface area is 142 Å². The van der Waals surface area contributed by atoms with Crippen molar-refractivity contribution in [3.8, 4) is 0 Å². The van der Waals surface area contributed by atoms with Crippen LogP contribution in [0.4, 0.5) is 0 Å². The lowest BCUT2D eigenvalue weighted by Crippen LogP contribution is -3.11. The van der Waals surface area contributed by atoms with Crippen LogP contribution in [0.5, 0.6) is 0 Å². The van der Waals surface area contributed by atoms with Crippen molar-refractivity contribution in [1.29, 1.82) is 0 Å². The summed E-state index contributed by atoms with van der Waals surface area (Å²) in [5, 5.41) is 6.75. The molecule has 0 spiro atoms. The summed E-state index contributed by atoms with van der Waals surface area (Å²) in [6.45, 7) is 6.21. The molecule has 0 radical (unpaired) electrons. The maximum absolute atomic E-state index is 12.2. The minimum Gasteiger partial charge on any atom is -0.459 e. The normalized spacial score (nSPS) is 13.7. The van der Waals surface area contributed by atoms with Crippen molar-refractivity contribution in [1.82, 2.24) is 10.6 Å². The van der Waals surface area contributed by atoms with Crippen LogP contribution in [0.15, 0.2) is 34.7 Å². The number of fused-ring (bicyclic) bond motifs is 1. The third-order valence-corrected chi connectivity index (χ3v) is 3.62. The summed E-state index contributed by atoms with van der Waals surface area (Å²) in [4.78, 5) is 24.7. The van der Waals surface area contributed by atoms with Crippen molar-refractivity contribution < 1.29 is 18.9 Å². The molecule has 2 atom stereocenters. The van der Waals surface area contributed by atoms with Gasteiger partial charge < -0.3 is 20.0 Å². The molecule has 24 heavy (non-hydrogen) atoms. The lowest BCUT2D eigenvalue weighted by Gasteiger charge is -2.16. The number of carbonyl (C=O) groups excluding carboxylic acids is 2. The molecule has 3 N–H and O–H groups in total. The maximum Gasteiger partial charge on any atom is 0.275 e. The zero-order valence-corrected chi connectivity index (χ0v) is 14.7. The Morgan fingerprint density at radius 1 is 1.08 bits per heavy atom. The first kappa shape index (κ1) is 18.0. The summed E-state index contributed by atoms with van der Waals surface area (Å²) < 4.78 is 5.76. The van der Waals surface area contributed by atoms with Crippen LogP contribution in [0.3, 0.4) is 0 Å². The fourth-order valence-corrected chi connectivity index (χ4v) is 2.56. The monoisotopic (exact) mass is 332 g/mol. The molecule has 1 heterocycles. The van der Waals surface area contributed by atoms with Gasteiger partial charge in [0.2, 0.25) is 0 Å². The molecule has 2 amide bonds. The largest absolute Gasteiger partial charge is 0.459 e. The number of benzene rings is 1. The Kier molecular flexibility index (Phi) is 5.98. The van der Waals surface area contributed by atoms with Crippen LogP contribution in [0.2, 0.25) is 0 Å². The minimum absolute atomic E-state index is 0.0550. The van der Waals surface area contributed by atoms with E-state index in [2.05, 4.69) is 10.6 Å². The second-order valence-electron chi connectivity index (χ2n) is 6.51. The SMILES string of the molecule is CC(C)NC(=O)C[NH+](C)CC(=O)N[C@@H](C)c1cc2ccccc2o1. The topological polar surface area (TPSA) is 75.8 Å². The van der Waals surface area contributed by atoms with Gasteiger partial charge in [-0.2, -0.15) is 0 Å². The fourth-order valence-electron chi connectivity index (χ4n) is 2.56. The number of para-hydroxylation sites is 1. The summed E-state index contributed by atoms with van der Waals surface area (Å²) in [7, 11) is 1.82. The summed E-state index contributed by atoms with van der Waals surface area (Å²) in [5.41, 5.74) is 0.807. The summed E-state index contributed by atoms with van der Waals surface area (Å²) >= 11 is 0. The molecule has 130 valence electrons. The predicted molar refractivity (Wildman–Crippen MR) is 92.7 cm³/mol. The standard InChI is InChI=1S/C18H25N3O3/c1-12(2)19-17(22)10-21(4)11-18(23)20-13(3)16-9-14-7-5-6-8-15(14)24-16/h5-9,12-13H,10-11H2,1-4H3,(H,19,22)(H,20,23)/p+1/t13-/m0/s1. The van der Waals surface area contributed by atoms with Gasteiger partial charge in [-0.15, -0.1) is 0 Å². The number of rotatable bonds is 7. The lowest BCUT2D eigenvalue weighted by molar-refractivity contribution is -0.862. The highest BCUT2D eigenvalue weighted by molar-refractivity contribution is 5.80. The van der Waals surface area contributed by atoms with Crippen LogP contribution in [0.1, 0.15) is 32.6 Å². The first-order valence-corrected chi connectivity index (χ1v) is 8.23. The molecule has 2 rings (SSSR count). The first-order valence-electron chi connectivity index (χ1n) is 8.23. The van der Waals surface area contributed by atoms with E-state index in [0.29, 0.717) is 0 Å². The molecular formula is C18H26N3O3+. The van der Waals surface area contributed by atoms with E-state index in [1.807, 2.05) is 58.2 Å². The molecule has 0 aliphatic heterocycles. The van der Waals surface area contributed by atoms with Gasteiger partial charge >= 0.3 is 0 Å². The molecule has 1 aromatic heterocycles. The molecule has 6 nitrogen and oxygen atoms in total. The van der Waals surface area contributed by atoms with Crippen LogP contribution in [-0.4, -0.2) is 38.0 Å². The van der Waals surface area contributed by atoms with Crippen LogP contribution in [0, 0.1) is 0 Å². The van der Waals surface area contributed by atoms with E-state index in [0.717, 1.165) is 21.6 Å². The third kappa shape index (κ3) is 5.09. The van der Waals surface area contributed by atoms with Gasteiger partial charge in [-0.1, -0.05) is 18.2 Å². The lowest BCUT2D eigenvalue weighted by atomic mass is 10.2. The number of furan rings is 1. The van der Waals surface area contributed by atoms with Crippen molar-refractivity contribution in [2.24, 2.45) is 0 Å². The highest BCUT2D eigenvalue weighted by Gasteiger charge is 2.18. The zero-order valence-electron chi connectivity index (χ0n) is 14.7. The number of amides is 2. The molecule has 6 heteroatoms. The van der Waals surface area contributed by atoms with E-state index in [-0.39, 0.29) is 37.0 Å². The quantitative estimate of drug-likeness (QED) is 0.697. The van der Waals surface area contributed by atoms with Gasteiger partial charge in [0.25, 0.3) is 11.8 Å². The smallest absolute Gasteiger partial charge is 0.275 e. The Morgan fingerprint density at radius 2 is 1.71 bits per heavy atom. The highest BCUT2D eigenvalue weighted by atomic mass is 16.3. The Morgan fingerprint density at radius 3 is 2.33 bits per heavy atom. The number of quaternary nitrogens is 1. The molecule has 0 aliphatic rings. The van der Waals surface area contributed by atoms with Gasteiger partial charge in [-0.25, -0.2) is 0 Å². The Hall–Kier alpha value is -2.34. The maximum atomic E-state index is 12.2. The van der Waals surface area contributed by atoms with Crippen molar-refractivity contribution >= 4 is 22.8 Å². The average molecular weight is 332 g/mol. The zero-order chi connectivity index (χ0) is 17.7. The van der Waals surface area contributed by atoms with E-state index in [1.165, 1.54) is 0 Å². The Bertz CT molecular complexity index is 675. The van der Waals surface area contributed by atoms with Crippen molar-refractivity contribution in [2.45, 2.75) is 32.9 Å². The number of likely N-dealkylation sites (N-methyl/N-ethyl adjacent to an activating group) is 1. The number of hydrogen-bond donors (Lipinski definition) is 3. The molecule has 0 saturated heterocycles. The van der Waals surface area contributed by atoms with Gasteiger partial charge in [-0.05, 0) is 32.9 Å². The van der Waals surface area contributed by atoms with Crippen molar-refractivity contribution in [2.75, 3.05) is 20.1 Å². The van der Waals surface area contributed by atoms with Gasteiger partial charge in [-0.3, -0.25) is 9.59 Å². The second kappa shape index (κ2) is 7.97. The van der Waals surface area contributed by atoms with Crippen LogP contribution < -0.4 is 15.5 Å². The van der Waals surface area contributed by atoms with Gasteiger partial charge in [0.1, 0.15) is 11.3 Å². The molecule has 0 saturated carbocycles. The summed E-state index contributed by atoms with van der Waals surface area (Å²) in [5.74, 6) is 0.554. The van der Waals surface area contributed by atoms with Gasteiger partial charge in [0.15, 0.2) is 13.1 Å². The number of nitrogens with one attached hydrogen (secondary N) is 3. The van der Waals surface area contributed by atoms with E-state index < -0.39 is 0 Å². The van der Waals surface area contributed by atoms with Crippen LogP contribution >= 0.6 is 0 Å². The number of carbonyl (C=O) groups is 2. The molecule has 1 aromatic carbocycles. The molecular weight excluding hydrogens is 306 g/mol. The Balaban J connectivity index is 1.85. The number of hydrogen-bond acceptors (Lipinski definition) is 3. The first-order chi connectivity index (χ1) is 11.3. The van der Waals surface area contributed by atoms with Gasteiger partial charge in [0.05, 0.1) is 13.1 Å². The molecule has 1 unspecified atom stereocenters. The minimum atomic E-state index is -0.220. The summed E-state index contributed by atoms with van der Waals surface area (Å²) in [6, 6.07) is 9.56. The van der Waals surface area contributed by atoms with E-state index in [4.69, 9.17) is 4.42 Å². The molecule has 2 aromatic rings. The van der Waals surface area contributed by atoms with Crippen molar-refractivity contribution in [3.05, 3.63) is 36.1 Å². The molecule has 0 bridgehead atoms. The van der Waals surface area contributed by atoms with Crippen LogP contribution in [-0.2, 0) is 9.59 Å². The van der Waals surface area contributed by atoms with E-state index in [9.17, 15) is 9.59 Å².